The number of rotatable bonds is 8. The van der Waals surface area contributed by atoms with Crippen molar-refractivity contribution >= 4 is 23.4 Å². The van der Waals surface area contributed by atoms with Crippen LogP contribution in [-0.4, -0.2) is 12.4 Å². The molecule has 1 nitrogen and oxygen atoms in total. The topological polar surface area (TPSA) is 9.23 Å². The van der Waals surface area contributed by atoms with Crippen molar-refractivity contribution in [3.8, 4) is 5.75 Å². The van der Waals surface area contributed by atoms with Gasteiger partial charge in [-0.15, -0.1) is 11.6 Å². The van der Waals surface area contributed by atoms with Gasteiger partial charge in [-0.05, 0) is 47.9 Å². The van der Waals surface area contributed by atoms with E-state index < -0.39 is 0 Å². The van der Waals surface area contributed by atoms with E-state index in [1.54, 1.807) is 0 Å². The molecule has 0 fully saturated rings. The predicted octanol–water partition coefficient (Wildman–Crippen LogP) is 5.44. The number of aryl methyl sites for hydroxylation is 1. The minimum Gasteiger partial charge on any atom is -0.494 e. The number of halogens is 1. The quantitative estimate of drug-likeness (QED) is 0.473. The number of hydrogen-bond acceptors (Lipinski definition) is 2. The van der Waals surface area contributed by atoms with Crippen molar-refractivity contribution < 1.29 is 4.74 Å². The average Bonchev–Trinajstić information content (AvgIpc) is 2.51. The van der Waals surface area contributed by atoms with Crippen LogP contribution in [0.2, 0.25) is 0 Å². The lowest BCUT2D eigenvalue weighted by Crippen LogP contribution is -1.99. The van der Waals surface area contributed by atoms with E-state index in [9.17, 15) is 0 Å². The zero-order valence-electron chi connectivity index (χ0n) is 12.3. The summed E-state index contributed by atoms with van der Waals surface area (Å²) in [6.07, 6.45) is 1.06. The summed E-state index contributed by atoms with van der Waals surface area (Å²) in [5, 5.41) is 0. The minimum atomic E-state index is 0.586. The van der Waals surface area contributed by atoms with E-state index in [0.29, 0.717) is 5.88 Å². The molecular weight excluding hydrogens is 300 g/mol. The zero-order valence-corrected chi connectivity index (χ0v) is 13.9. The van der Waals surface area contributed by atoms with Crippen molar-refractivity contribution in [3.63, 3.8) is 0 Å². The Balaban J connectivity index is 1.61. The van der Waals surface area contributed by atoms with Crippen molar-refractivity contribution in [2.45, 2.75) is 25.0 Å². The molecule has 0 aliphatic carbocycles. The van der Waals surface area contributed by atoms with Gasteiger partial charge in [0.2, 0.25) is 0 Å². The molecule has 0 unspecified atom stereocenters. The first-order chi connectivity index (χ1) is 10.3. The molecule has 21 heavy (non-hydrogen) atoms. The van der Waals surface area contributed by atoms with Gasteiger partial charge in [0.1, 0.15) is 5.75 Å². The number of thioether (sulfide) groups is 1. The van der Waals surface area contributed by atoms with Gasteiger partial charge in [0.05, 0.1) is 6.61 Å². The molecule has 2 aromatic carbocycles. The molecular formula is C18H21ClOS. The van der Waals surface area contributed by atoms with Gasteiger partial charge >= 0.3 is 0 Å². The van der Waals surface area contributed by atoms with Gasteiger partial charge < -0.3 is 4.74 Å². The van der Waals surface area contributed by atoms with E-state index in [1.807, 2.05) is 23.9 Å². The Morgan fingerprint density at radius 3 is 2.67 bits per heavy atom. The second-order valence-corrected chi connectivity index (χ2v) is 6.40. The fourth-order valence-electron chi connectivity index (χ4n) is 2.05. The lowest BCUT2D eigenvalue weighted by atomic mass is 10.2. The lowest BCUT2D eigenvalue weighted by Gasteiger charge is -2.07. The highest BCUT2D eigenvalue weighted by Gasteiger charge is 1.97. The first-order valence-electron chi connectivity index (χ1n) is 7.19. The van der Waals surface area contributed by atoms with E-state index in [2.05, 4.69) is 43.3 Å². The summed E-state index contributed by atoms with van der Waals surface area (Å²) in [4.78, 5) is 0. The van der Waals surface area contributed by atoms with E-state index in [4.69, 9.17) is 16.3 Å². The molecule has 2 aromatic rings. The van der Waals surface area contributed by atoms with E-state index in [1.165, 1.54) is 16.7 Å². The van der Waals surface area contributed by atoms with Crippen molar-refractivity contribution in [3.05, 3.63) is 65.2 Å². The Morgan fingerprint density at radius 1 is 1.05 bits per heavy atom. The second-order valence-electron chi connectivity index (χ2n) is 5.02. The molecule has 0 aliphatic rings. The SMILES string of the molecule is Cc1cccc(OCCCSCc2cccc(CCl)c2)c1. The first kappa shape index (κ1) is 16.3. The summed E-state index contributed by atoms with van der Waals surface area (Å²) in [6.45, 7) is 2.86. The van der Waals surface area contributed by atoms with E-state index in [0.717, 1.165) is 30.3 Å². The normalized spacial score (nSPS) is 10.6. The van der Waals surface area contributed by atoms with Crippen LogP contribution in [0.15, 0.2) is 48.5 Å². The summed E-state index contributed by atoms with van der Waals surface area (Å²) in [5.41, 5.74) is 3.77. The van der Waals surface area contributed by atoms with Crippen LogP contribution in [0.1, 0.15) is 23.1 Å². The van der Waals surface area contributed by atoms with Gasteiger partial charge in [-0.3, -0.25) is 0 Å². The maximum Gasteiger partial charge on any atom is 0.119 e. The maximum absolute atomic E-state index is 5.85. The zero-order chi connectivity index (χ0) is 14.9. The maximum atomic E-state index is 5.85. The van der Waals surface area contributed by atoms with Crippen LogP contribution in [0.4, 0.5) is 0 Å². The molecule has 0 aromatic heterocycles. The molecule has 0 N–H and O–H groups in total. The summed E-state index contributed by atoms with van der Waals surface area (Å²) in [6, 6.07) is 16.7. The molecule has 112 valence electrons. The second kappa shape index (κ2) is 9.01. The van der Waals surface area contributed by atoms with Crippen LogP contribution in [-0.2, 0) is 11.6 Å². The molecule has 0 atom stereocenters. The highest BCUT2D eigenvalue weighted by atomic mass is 35.5. The smallest absolute Gasteiger partial charge is 0.119 e. The minimum absolute atomic E-state index is 0.586. The average molecular weight is 321 g/mol. The standard InChI is InChI=1S/C18H21ClOS/c1-15-5-2-8-18(11-15)20-9-4-10-21-14-17-7-3-6-16(12-17)13-19/h2-3,5-8,11-12H,4,9-10,13-14H2,1H3. The first-order valence-corrected chi connectivity index (χ1v) is 8.88. The van der Waals surface area contributed by atoms with Gasteiger partial charge in [-0.25, -0.2) is 0 Å². The molecule has 2 rings (SSSR count). The third-order valence-electron chi connectivity index (χ3n) is 3.11. The summed E-state index contributed by atoms with van der Waals surface area (Å²) >= 11 is 7.79. The fraction of sp³-hybridized carbons (Fsp3) is 0.333. The monoisotopic (exact) mass is 320 g/mol. The largest absolute Gasteiger partial charge is 0.494 e. The van der Waals surface area contributed by atoms with Crippen molar-refractivity contribution in [2.75, 3.05) is 12.4 Å². The van der Waals surface area contributed by atoms with Gasteiger partial charge in [0, 0.05) is 11.6 Å². The van der Waals surface area contributed by atoms with Crippen molar-refractivity contribution in [2.24, 2.45) is 0 Å². The van der Waals surface area contributed by atoms with Crippen LogP contribution >= 0.6 is 23.4 Å². The summed E-state index contributed by atoms with van der Waals surface area (Å²) < 4.78 is 5.74. The Bertz CT molecular complexity index is 556. The molecule has 0 bridgehead atoms. The van der Waals surface area contributed by atoms with Gasteiger partial charge in [-0.1, -0.05) is 36.4 Å². The summed E-state index contributed by atoms with van der Waals surface area (Å²) in [7, 11) is 0. The Labute approximate surface area is 136 Å². The predicted molar refractivity (Wildman–Crippen MR) is 93.5 cm³/mol. The number of hydrogen-bond donors (Lipinski definition) is 0. The highest BCUT2D eigenvalue weighted by molar-refractivity contribution is 7.98. The van der Waals surface area contributed by atoms with Gasteiger partial charge in [0.25, 0.3) is 0 Å². The van der Waals surface area contributed by atoms with Crippen molar-refractivity contribution in [1.29, 1.82) is 0 Å². The molecule has 0 saturated carbocycles. The summed E-state index contributed by atoms with van der Waals surface area (Å²) in [5.74, 6) is 3.70. The molecule has 0 heterocycles. The molecule has 3 heteroatoms. The van der Waals surface area contributed by atoms with Gasteiger partial charge in [0.15, 0.2) is 0 Å². The molecule has 0 saturated heterocycles. The third kappa shape index (κ3) is 6.03. The molecule has 0 spiro atoms. The number of benzene rings is 2. The Morgan fingerprint density at radius 2 is 1.86 bits per heavy atom. The van der Waals surface area contributed by atoms with Crippen LogP contribution in [0.25, 0.3) is 0 Å². The van der Waals surface area contributed by atoms with E-state index >= 15 is 0 Å². The Hall–Kier alpha value is -1.12. The molecule has 0 amide bonds. The highest BCUT2D eigenvalue weighted by Crippen LogP contribution is 2.16. The van der Waals surface area contributed by atoms with E-state index in [-0.39, 0.29) is 0 Å². The molecule has 0 radical (unpaired) electrons. The fourth-order valence-corrected chi connectivity index (χ4v) is 3.10. The lowest BCUT2D eigenvalue weighted by molar-refractivity contribution is 0.318. The van der Waals surface area contributed by atoms with Crippen LogP contribution in [0.5, 0.6) is 5.75 Å². The number of ether oxygens (including phenoxy) is 1. The van der Waals surface area contributed by atoms with Gasteiger partial charge in [-0.2, -0.15) is 11.8 Å². The van der Waals surface area contributed by atoms with Crippen LogP contribution in [0, 0.1) is 6.92 Å². The number of alkyl halides is 1. The van der Waals surface area contributed by atoms with Crippen molar-refractivity contribution in [1.82, 2.24) is 0 Å². The molecule has 0 aliphatic heterocycles. The van der Waals surface area contributed by atoms with Crippen LogP contribution < -0.4 is 4.74 Å². The Kier molecular flexibility index (Phi) is 6.98. The third-order valence-corrected chi connectivity index (χ3v) is 4.53. The van der Waals surface area contributed by atoms with Crippen LogP contribution in [0.3, 0.4) is 0 Å².